The second-order valence-electron chi connectivity index (χ2n) is 5.27. The normalized spacial score (nSPS) is 15.0. The number of nitrogens with zero attached hydrogens (tertiary/aromatic N) is 3. The number of aromatic nitrogens is 2. The van der Waals surface area contributed by atoms with Crippen molar-refractivity contribution >= 4 is 0 Å². The third-order valence-corrected chi connectivity index (χ3v) is 3.81. The minimum absolute atomic E-state index is 0.0212. The number of rotatable bonds is 4. The molecule has 0 radical (unpaired) electrons. The first-order chi connectivity index (χ1) is 10.3. The van der Waals surface area contributed by atoms with Crippen LogP contribution < -0.4 is 4.74 Å². The van der Waals surface area contributed by atoms with Crippen LogP contribution in [0.5, 0.6) is 5.75 Å². The van der Waals surface area contributed by atoms with E-state index in [2.05, 4.69) is 5.10 Å². The Labute approximate surface area is 122 Å². The van der Waals surface area contributed by atoms with E-state index in [9.17, 15) is 4.39 Å². The zero-order valence-electron chi connectivity index (χ0n) is 11.6. The monoisotopic (exact) mass is 285 g/mol. The van der Waals surface area contributed by atoms with Gasteiger partial charge in [0.05, 0.1) is 17.3 Å². The van der Waals surface area contributed by atoms with Gasteiger partial charge in [-0.15, -0.1) is 0 Å². The summed E-state index contributed by atoms with van der Waals surface area (Å²) < 4.78 is 21.0. The maximum Gasteiger partial charge on any atom is 0.144 e. The van der Waals surface area contributed by atoms with Crippen LogP contribution in [0, 0.1) is 17.1 Å². The summed E-state index contributed by atoms with van der Waals surface area (Å²) in [5, 5.41) is 13.2. The topological polar surface area (TPSA) is 50.8 Å². The van der Waals surface area contributed by atoms with E-state index in [1.54, 1.807) is 12.1 Å². The molecule has 1 aliphatic rings. The van der Waals surface area contributed by atoms with Gasteiger partial charge < -0.3 is 4.74 Å². The van der Waals surface area contributed by atoms with Crippen LogP contribution in [0.1, 0.15) is 43.0 Å². The Hall–Kier alpha value is -2.35. The van der Waals surface area contributed by atoms with Crippen molar-refractivity contribution in [1.82, 2.24) is 9.78 Å². The number of ether oxygens (including phenoxy) is 1. The largest absolute Gasteiger partial charge is 0.487 e. The zero-order chi connectivity index (χ0) is 14.7. The van der Waals surface area contributed by atoms with E-state index in [-0.39, 0.29) is 5.56 Å². The molecule has 0 bridgehead atoms. The van der Waals surface area contributed by atoms with Crippen molar-refractivity contribution in [2.75, 3.05) is 0 Å². The summed E-state index contributed by atoms with van der Waals surface area (Å²) in [5.74, 6) is -0.159. The fourth-order valence-corrected chi connectivity index (χ4v) is 2.66. The fraction of sp³-hybridized carbons (Fsp3) is 0.375. The van der Waals surface area contributed by atoms with Gasteiger partial charge in [-0.2, -0.15) is 10.4 Å². The van der Waals surface area contributed by atoms with Crippen LogP contribution in [-0.2, 0) is 6.61 Å². The van der Waals surface area contributed by atoms with Gasteiger partial charge in [0.15, 0.2) is 0 Å². The third kappa shape index (κ3) is 3.05. The first kappa shape index (κ1) is 13.6. The van der Waals surface area contributed by atoms with Gasteiger partial charge in [-0.05, 0) is 31.0 Å². The van der Waals surface area contributed by atoms with Crippen LogP contribution in [0.4, 0.5) is 4.39 Å². The molecule has 2 aromatic rings. The van der Waals surface area contributed by atoms with Crippen LogP contribution in [0.2, 0.25) is 0 Å². The van der Waals surface area contributed by atoms with Gasteiger partial charge in [-0.25, -0.2) is 4.39 Å². The maximum absolute atomic E-state index is 13.5. The van der Waals surface area contributed by atoms with Gasteiger partial charge in [0.2, 0.25) is 0 Å². The summed E-state index contributed by atoms with van der Waals surface area (Å²) >= 11 is 0. The molecule has 0 saturated heterocycles. The standard InChI is InChI=1S/C16H16FN3O/c17-16-9-15(6-5-12(16)10-18)21-11-13-7-8-20(19-13)14-3-1-2-4-14/h5-9,14H,1-4,11H2. The van der Waals surface area contributed by atoms with Crippen LogP contribution in [0.3, 0.4) is 0 Å². The first-order valence-electron chi connectivity index (χ1n) is 7.13. The van der Waals surface area contributed by atoms with E-state index in [0.29, 0.717) is 18.4 Å². The molecule has 0 atom stereocenters. The van der Waals surface area contributed by atoms with Crippen molar-refractivity contribution < 1.29 is 9.13 Å². The molecule has 0 aliphatic heterocycles. The molecular formula is C16H16FN3O. The predicted molar refractivity (Wildman–Crippen MR) is 75.2 cm³/mol. The van der Waals surface area contributed by atoms with Crippen molar-refractivity contribution in [3.8, 4) is 11.8 Å². The molecule has 1 aromatic heterocycles. The van der Waals surface area contributed by atoms with E-state index in [4.69, 9.17) is 10.00 Å². The molecule has 1 heterocycles. The van der Waals surface area contributed by atoms with Gasteiger partial charge in [-0.1, -0.05) is 12.8 Å². The predicted octanol–water partition coefficient (Wildman–Crippen LogP) is 3.59. The Kier molecular flexibility index (Phi) is 3.87. The van der Waals surface area contributed by atoms with Crippen molar-refractivity contribution in [2.24, 2.45) is 0 Å². The number of halogens is 1. The Balaban J connectivity index is 1.62. The Morgan fingerprint density at radius 3 is 2.86 bits per heavy atom. The highest BCUT2D eigenvalue weighted by atomic mass is 19.1. The Morgan fingerprint density at radius 1 is 1.33 bits per heavy atom. The van der Waals surface area contributed by atoms with Gasteiger partial charge in [-0.3, -0.25) is 4.68 Å². The number of benzene rings is 1. The third-order valence-electron chi connectivity index (χ3n) is 3.81. The molecule has 0 amide bonds. The molecule has 1 aliphatic carbocycles. The number of hydrogen-bond acceptors (Lipinski definition) is 3. The molecule has 21 heavy (non-hydrogen) atoms. The highest BCUT2D eigenvalue weighted by Crippen LogP contribution is 2.28. The molecule has 0 unspecified atom stereocenters. The van der Waals surface area contributed by atoms with Gasteiger partial charge >= 0.3 is 0 Å². The summed E-state index contributed by atoms with van der Waals surface area (Å²) in [7, 11) is 0. The number of hydrogen-bond donors (Lipinski definition) is 0. The molecule has 1 aromatic carbocycles. The van der Waals surface area contributed by atoms with Crippen LogP contribution in [-0.4, -0.2) is 9.78 Å². The average molecular weight is 285 g/mol. The second kappa shape index (κ2) is 5.96. The van der Waals surface area contributed by atoms with Crippen molar-refractivity contribution in [3.63, 3.8) is 0 Å². The highest BCUT2D eigenvalue weighted by molar-refractivity contribution is 5.36. The minimum atomic E-state index is -0.563. The summed E-state index contributed by atoms with van der Waals surface area (Å²) in [6, 6.07) is 8.46. The lowest BCUT2D eigenvalue weighted by molar-refractivity contribution is 0.296. The van der Waals surface area contributed by atoms with E-state index in [1.807, 2.05) is 16.9 Å². The summed E-state index contributed by atoms with van der Waals surface area (Å²) in [5.41, 5.74) is 0.847. The lowest BCUT2D eigenvalue weighted by Crippen LogP contribution is -2.06. The van der Waals surface area contributed by atoms with Gasteiger partial charge in [0.25, 0.3) is 0 Å². The minimum Gasteiger partial charge on any atom is -0.487 e. The van der Waals surface area contributed by atoms with Gasteiger partial charge in [0.1, 0.15) is 24.2 Å². The second-order valence-corrected chi connectivity index (χ2v) is 5.27. The lowest BCUT2D eigenvalue weighted by Gasteiger charge is -2.09. The van der Waals surface area contributed by atoms with Gasteiger partial charge in [0, 0.05) is 12.3 Å². The summed E-state index contributed by atoms with van der Waals surface area (Å²) in [6.45, 7) is 0.297. The quantitative estimate of drug-likeness (QED) is 0.862. The molecule has 3 rings (SSSR count). The maximum atomic E-state index is 13.5. The van der Waals surface area contributed by atoms with E-state index in [0.717, 1.165) is 5.69 Å². The van der Waals surface area contributed by atoms with E-state index < -0.39 is 5.82 Å². The average Bonchev–Trinajstić information content (AvgIpc) is 3.16. The first-order valence-corrected chi connectivity index (χ1v) is 7.13. The molecule has 4 nitrogen and oxygen atoms in total. The molecule has 108 valence electrons. The fourth-order valence-electron chi connectivity index (χ4n) is 2.66. The van der Waals surface area contributed by atoms with Crippen molar-refractivity contribution in [1.29, 1.82) is 5.26 Å². The Bertz CT molecular complexity index is 668. The van der Waals surface area contributed by atoms with E-state index in [1.165, 1.54) is 37.8 Å². The lowest BCUT2D eigenvalue weighted by atomic mass is 10.2. The van der Waals surface area contributed by atoms with Crippen LogP contribution in [0.15, 0.2) is 30.5 Å². The molecule has 0 spiro atoms. The molecule has 1 fully saturated rings. The van der Waals surface area contributed by atoms with Crippen LogP contribution in [0.25, 0.3) is 0 Å². The van der Waals surface area contributed by atoms with Crippen molar-refractivity contribution in [3.05, 3.63) is 47.5 Å². The molecular weight excluding hydrogens is 269 g/mol. The Morgan fingerprint density at radius 2 is 2.14 bits per heavy atom. The zero-order valence-corrected chi connectivity index (χ0v) is 11.6. The summed E-state index contributed by atoms with van der Waals surface area (Å²) in [6.07, 6.45) is 6.88. The molecule has 5 heteroatoms. The molecule has 1 saturated carbocycles. The van der Waals surface area contributed by atoms with Crippen LogP contribution >= 0.6 is 0 Å². The smallest absolute Gasteiger partial charge is 0.144 e. The summed E-state index contributed by atoms with van der Waals surface area (Å²) in [4.78, 5) is 0. The van der Waals surface area contributed by atoms with Crippen molar-refractivity contribution in [2.45, 2.75) is 38.3 Å². The molecule has 0 N–H and O–H groups in total. The SMILES string of the molecule is N#Cc1ccc(OCc2ccn(C3CCCC3)n2)cc1F. The van der Waals surface area contributed by atoms with E-state index >= 15 is 0 Å². The highest BCUT2D eigenvalue weighted by Gasteiger charge is 2.17. The number of nitriles is 1.